The molecule has 0 heterocycles. The second kappa shape index (κ2) is 10.4. The van der Waals surface area contributed by atoms with E-state index >= 15 is 0 Å². The molecule has 0 radical (unpaired) electrons. The molecule has 0 aromatic heterocycles. The number of ether oxygens (including phenoxy) is 1. The number of rotatable bonds is 7. The van der Waals surface area contributed by atoms with Crippen LogP contribution in [-0.2, 0) is 14.3 Å². The monoisotopic (exact) mass is 365 g/mol. The summed E-state index contributed by atoms with van der Waals surface area (Å²) in [7, 11) is 1.26. The second-order valence-electron chi connectivity index (χ2n) is 5.41. The zero-order chi connectivity index (χ0) is 18.8. The van der Waals surface area contributed by atoms with Crippen LogP contribution in [0, 0.1) is 0 Å². The molecule has 8 heteroatoms. The molecule has 0 saturated carbocycles. The van der Waals surface area contributed by atoms with E-state index in [9.17, 15) is 14.4 Å². The van der Waals surface area contributed by atoms with Crippen molar-refractivity contribution in [3.05, 3.63) is 29.8 Å². The lowest BCUT2D eigenvalue weighted by Gasteiger charge is -2.15. The van der Waals surface area contributed by atoms with Crippen molar-refractivity contribution in [1.29, 1.82) is 0 Å². The van der Waals surface area contributed by atoms with E-state index in [1.165, 1.54) is 7.11 Å². The van der Waals surface area contributed by atoms with E-state index < -0.39 is 11.9 Å². The lowest BCUT2D eigenvalue weighted by atomic mass is 10.1. The van der Waals surface area contributed by atoms with Gasteiger partial charge < -0.3 is 20.7 Å². The number of para-hydroxylation sites is 1. The number of carbonyl (C=O) groups is 3. The average Bonchev–Trinajstić information content (AvgIpc) is 2.59. The fraction of sp³-hybridized carbons (Fsp3) is 0.412. The Morgan fingerprint density at radius 1 is 1.20 bits per heavy atom. The summed E-state index contributed by atoms with van der Waals surface area (Å²) in [5.74, 6) is -1.11. The van der Waals surface area contributed by atoms with Crippen molar-refractivity contribution in [3.63, 3.8) is 0 Å². The lowest BCUT2D eigenvalue weighted by molar-refractivity contribution is -0.142. The van der Waals surface area contributed by atoms with Gasteiger partial charge in [-0.1, -0.05) is 19.1 Å². The van der Waals surface area contributed by atoms with Gasteiger partial charge in [-0.05, 0) is 37.7 Å². The fourth-order valence-corrected chi connectivity index (χ4v) is 2.08. The average molecular weight is 365 g/mol. The minimum absolute atomic E-state index is 0.0289. The smallest absolute Gasteiger partial charge is 0.306 e. The van der Waals surface area contributed by atoms with Crippen LogP contribution in [-0.4, -0.2) is 36.0 Å². The van der Waals surface area contributed by atoms with Crippen molar-refractivity contribution in [3.8, 4) is 0 Å². The van der Waals surface area contributed by atoms with Gasteiger partial charge in [0, 0.05) is 12.5 Å². The summed E-state index contributed by atoms with van der Waals surface area (Å²) in [6, 6.07) is 6.91. The van der Waals surface area contributed by atoms with Gasteiger partial charge >= 0.3 is 5.97 Å². The van der Waals surface area contributed by atoms with Crippen molar-refractivity contribution in [2.45, 2.75) is 39.2 Å². The van der Waals surface area contributed by atoms with Gasteiger partial charge in [0.2, 0.25) is 5.91 Å². The van der Waals surface area contributed by atoms with Gasteiger partial charge in [0.15, 0.2) is 5.11 Å². The number of anilines is 1. The number of hydrogen-bond donors (Lipinski definition) is 3. The Morgan fingerprint density at radius 2 is 1.88 bits per heavy atom. The van der Waals surface area contributed by atoms with Crippen LogP contribution < -0.4 is 16.0 Å². The van der Waals surface area contributed by atoms with Gasteiger partial charge in [0.05, 0.1) is 24.8 Å². The van der Waals surface area contributed by atoms with E-state index in [-0.39, 0.29) is 29.9 Å². The van der Waals surface area contributed by atoms with Gasteiger partial charge in [0.1, 0.15) is 0 Å². The molecular formula is C17H23N3O4S. The summed E-state index contributed by atoms with van der Waals surface area (Å²) in [6.45, 7) is 3.90. The molecule has 1 unspecified atom stereocenters. The third kappa shape index (κ3) is 7.30. The Labute approximate surface area is 152 Å². The van der Waals surface area contributed by atoms with E-state index in [0.29, 0.717) is 11.3 Å². The highest BCUT2D eigenvalue weighted by molar-refractivity contribution is 7.80. The van der Waals surface area contributed by atoms with Gasteiger partial charge in [-0.2, -0.15) is 0 Å². The molecule has 136 valence electrons. The summed E-state index contributed by atoms with van der Waals surface area (Å²) >= 11 is 5.09. The molecule has 2 amide bonds. The summed E-state index contributed by atoms with van der Waals surface area (Å²) in [5, 5.41) is 8.24. The molecule has 3 N–H and O–H groups in total. The van der Waals surface area contributed by atoms with E-state index in [2.05, 4.69) is 20.7 Å². The zero-order valence-corrected chi connectivity index (χ0v) is 15.4. The zero-order valence-electron chi connectivity index (χ0n) is 14.5. The highest BCUT2D eigenvalue weighted by atomic mass is 32.1. The Bertz CT molecular complexity index is 649. The van der Waals surface area contributed by atoms with Crippen LogP contribution in [0.3, 0.4) is 0 Å². The summed E-state index contributed by atoms with van der Waals surface area (Å²) in [4.78, 5) is 35.1. The number of benzene rings is 1. The molecule has 0 saturated heterocycles. The lowest BCUT2D eigenvalue weighted by Crippen LogP contribution is -2.36. The first-order chi connectivity index (χ1) is 11.9. The Kier molecular flexibility index (Phi) is 8.55. The Balaban J connectivity index is 2.67. The van der Waals surface area contributed by atoms with Crippen LogP contribution in [0.15, 0.2) is 24.3 Å². The van der Waals surface area contributed by atoms with Gasteiger partial charge in [-0.25, -0.2) is 0 Å². The molecule has 0 bridgehead atoms. The molecule has 0 fully saturated rings. The Morgan fingerprint density at radius 3 is 2.52 bits per heavy atom. The van der Waals surface area contributed by atoms with Crippen LogP contribution in [0.1, 0.15) is 43.5 Å². The second-order valence-corrected chi connectivity index (χ2v) is 5.82. The normalized spacial score (nSPS) is 11.2. The predicted molar refractivity (Wildman–Crippen MR) is 99.3 cm³/mol. The number of thiocarbonyl (C=S) groups is 1. The fourth-order valence-electron chi connectivity index (χ4n) is 1.85. The summed E-state index contributed by atoms with van der Waals surface area (Å²) < 4.78 is 4.47. The van der Waals surface area contributed by atoms with Crippen LogP contribution >= 0.6 is 12.2 Å². The molecular weight excluding hydrogens is 342 g/mol. The number of hydrogen-bond acceptors (Lipinski definition) is 5. The topological polar surface area (TPSA) is 96.5 Å². The summed E-state index contributed by atoms with van der Waals surface area (Å²) in [5.41, 5.74) is 0.913. The van der Waals surface area contributed by atoms with E-state index in [1.807, 2.05) is 13.8 Å². The standard InChI is InChI=1S/C17H23N3O4S/c1-4-11(2)18-16(23)12-7-5-6-8-13(12)19-17(25)20-14(21)9-10-15(22)24-3/h5-8,11H,4,9-10H2,1-3H3,(H,18,23)(H2,19,20,21,25). The van der Waals surface area contributed by atoms with Crippen molar-refractivity contribution < 1.29 is 19.1 Å². The first-order valence-corrected chi connectivity index (χ1v) is 8.35. The Hall–Kier alpha value is -2.48. The SMILES string of the molecule is CCC(C)NC(=O)c1ccccc1NC(=S)NC(=O)CCC(=O)OC. The van der Waals surface area contributed by atoms with E-state index in [1.54, 1.807) is 24.3 Å². The highest BCUT2D eigenvalue weighted by Crippen LogP contribution is 2.15. The van der Waals surface area contributed by atoms with Crippen LogP contribution in [0.2, 0.25) is 0 Å². The number of amides is 2. The molecule has 0 spiro atoms. The third-order valence-corrected chi connectivity index (χ3v) is 3.65. The maximum atomic E-state index is 12.3. The molecule has 0 aliphatic rings. The quantitative estimate of drug-likeness (QED) is 0.505. The van der Waals surface area contributed by atoms with Crippen molar-refractivity contribution in [2.75, 3.05) is 12.4 Å². The van der Waals surface area contributed by atoms with Gasteiger partial charge in [0.25, 0.3) is 5.91 Å². The molecule has 25 heavy (non-hydrogen) atoms. The number of carbonyl (C=O) groups excluding carboxylic acids is 3. The molecule has 7 nitrogen and oxygen atoms in total. The molecule has 1 atom stereocenters. The third-order valence-electron chi connectivity index (χ3n) is 3.45. The number of methoxy groups -OCH3 is 1. The predicted octanol–water partition coefficient (Wildman–Crippen LogP) is 1.98. The number of nitrogens with one attached hydrogen (secondary N) is 3. The van der Waals surface area contributed by atoms with Crippen LogP contribution in [0.4, 0.5) is 5.69 Å². The molecule has 1 aromatic rings. The molecule has 1 rings (SSSR count). The van der Waals surface area contributed by atoms with Gasteiger partial charge in [-0.15, -0.1) is 0 Å². The minimum atomic E-state index is -0.471. The van der Waals surface area contributed by atoms with Crippen molar-refractivity contribution in [2.24, 2.45) is 0 Å². The maximum Gasteiger partial charge on any atom is 0.306 e. The minimum Gasteiger partial charge on any atom is -0.469 e. The van der Waals surface area contributed by atoms with Crippen LogP contribution in [0.25, 0.3) is 0 Å². The van der Waals surface area contributed by atoms with Crippen LogP contribution in [0.5, 0.6) is 0 Å². The highest BCUT2D eigenvalue weighted by Gasteiger charge is 2.14. The van der Waals surface area contributed by atoms with Crippen molar-refractivity contribution >= 4 is 40.8 Å². The first kappa shape index (κ1) is 20.6. The maximum absolute atomic E-state index is 12.3. The molecule has 0 aliphatic heterocycles. The first-order valence-electron chi connectivity index (χ1n) is 7.94. The van der Waals surface area contributed by atoms with E-state index in [0.717, 1.165) is 6.42 Å². The number of esters is 1. The summed E-state index contributed by atoms with van der Waals surface area (Å²) in [6.07, 6.45) is 0.749. The largest absolute Gasteiger partial charge is 0.469 e. The van der Waals surface area contributed by atoms with Crippen molar-refractivity contribution in [1.82, 2.24) is 10.6 Å². The van der Waals surface area contributed by atoms with Gasteiger partial charge in [-0.3, -0.25) is 14.4 Å². The molecule has 1 aromatic carbocycles. The molecule has 0 aliphatic carbocycles. The van der Waals surface area contributed by atoms with E-state index in [4.69, 9.17) is 12.2 Å².